The number of ether oxygens (including phenoxy) is 1. The maximum absolute atomic E-state index is 10.7. The Bertz CT molecular complexity index is 208. The van der Waals surface area contributed by atoms with Gasteiger partial charge in [0.1, 0.15) is 0 Å². The summed E-state index contributed by atoms with van der Waals surface area (Å²) < 4.78 is 5.16. The van der Waals surface area contributed by atoms with Crippen LogP contribution in [0.2, 0.25) is 0 Å². The first kappa shape index (κ1) is 10.3. The first-order valence-electron chi connectivity index (χ1n) is 4.21. The zero-order chi connectivity index (χ0) is 10.1. The molecule has 5 nitrogen and oxygen atoms in total. The van der Waals surface area contributed by atoms with Crippen molar-refractivity contribution in [2.24, 2.45) is 0 Å². The van der Waals surface area contributed by atoms with Crippen LogP contribution in [0.1, 0.15) is 13.3 Å². The van der Waals surface area contributed by atoms with Crippen LogP contribution in [0.25, 0.3) is 0 Å². The molecule has 5 heteroatoms. The molecule has 1 amide bonds. The van der Waals surface area contributed by atoms with Crippen LogP contribution in [-0.4, -0.2) is 53.1 Å². The maximum Gasteiger partial charge on any atom is 0.407 e. The number of aliphatic hydroxyl groups is 1. The predicted molar refractivity (Wildman–Crippen MR) is 45.6 cm³/mol. The van der Waals surface area contributed by atoms with Gasteiger partial charge in [-0.05, 0) is 13.3 Å². The minimum absolute atomic E-state index is 0.247. The molecule has 0 aromatic rings. The highest BCUT2D eigenvalue weighted by Crippen LogP contribution is 2.25. The zero-order valence-electron chi connectivity index (χ0n) is 7.86. The molecule has 0 aromatic carbocycles. The van der Waals surface area contributed by atoms with E-state index in [2.05, 4.69) is 0 Å². The minimum atomic E-state index is -1.05. The summed E-state index contributed by atoms with van der Waals surface area (Å²) in [5, 5.41) is 18.4. The summed E-state index contributed by atoms with van der Waals surface area (Å²) in [6.07, 6.45) is -1.22. The molecule has 0 aliphatic carbocycles. The highest BCUT2D eigenvalue weighted by Gasteiger charge is 2.42. The molecule has 0 radical (unpaired) electrons. The Morgan fingerprint density at radius 2 is 2.31 bits per heavy atom. The molecule has 0 saturated carbocycles. The van der Waals surface area contributed by atoms with Crippen LogP contribution in [-0.2, 0) is 4.74 Å². The van der Waals surface area contributed by atoms with Crippen LogP contribution in [0.5, 0.6) is 0 Å². The topological polar surface area (TPSA) is 70.0 Å². The fourth-order valence-corrected chi connectivity index (χ4v) is 1.42. The van der Waals surface area contributed by atoms with Gasteiger partial charge in [-0.25, -0.2) is 4.79 Å². The van der Waals surface area contributed by atoms with Crippen molar-refractivity contribution >= 4 is 6.09 Å². The van der Waals surface area contributed by atoms with Crippen LogP contribution >= 0.6 is 0 Å². The van der Waals surface area contributed by atoms with Crippen molar-refractivity contribution < 1.29 is 19.7 Å². The molecule has 1 fully saturated rings. The average molecular weight is 189 g/mol. The van der Waals surface area contributed by atoms with Crippen LogP contribution < -0.4 is 0 Å². The second-order valence-electron chi connectivity index (χ2n) is 3.56. The number of amides is 1. The van der Waals surface area contributed by atoms with Crippen molar-refractivity contribution in [3.63, 3.8) is 0 Å². The Hall–Kier alpha value is -0.810. The Morgan fingerprint density at radius 3 is 2.77 bits per heavy atom. The van der Waals surface area contributed by atoms with E-state index in [-0.39, 0.29) is 6.61 Å². The summed E-state index contributed by atoms with van der Waals surface area (Å²) in [6.45, 7) is 2.42. The number of carboxylic acid groups (broad SMARTS) is 1. The second-order valence-corrected chi connectivity index (χ2v) is 3.56. The van der Waals surface area contributed by atoms with E-state index in [1.165, 1.54) is 7.05 Å². The van der Waals surface area contributed by atoms with E-state index < -0.39 is 17.7 Å². The zero-order valence-corrected chi connectivity index (χ0v) is 7.86. The van der Waals surface area contributed by atoms with Crippen LogP contribution in [0.3, 0.4) is 0 Å². The third kappa shape index (κ3) is 1.76. The Labute approximate surface area is 76.9 Å². The van der Waals surface area contributed by atoms with Crippen LogP contribution in [0, 0.1) is 0 Å². The third-order valence-corrected chi connectivity index (χ3v) is 2.70. The van der Waals surface area contributed by atoms with Crippen molar-refractivity contribution in [1.29, 1.82) is 0 Å². The fraction of sp³-hybridized carbons (Fsp3) is 0.875. The highest BCUT2D eigenvalue weighted by atomic mass is 16.5. The number of hydrogen-bond donors (Lipinski definition) is 2. The van der Waals surface area contributed by atoms with Gasteiger partial charge in [-0.15, -0.1) is 0 Å². The number of carbonyl (C=O) groups is 1. The maximum atomic E-state index is 10.7. The van der Waals surface area contributed by atoms with Crippen molar-refractivity contribution in [3.8, 4) is 0 Å². The van der Waals surface area contributed by atoms with E-state index in [1.54, 1.807) is 6.92 Å². The van der Waals surface area contributed by atoms with E-state index >= 15 is 0 Å². The van der Waals surface area contributed by atoms with Crippen LogP contribution in [0.15, 0.2) is 0 Å². The monoisotopic (exact) mass is 189 g/mol. The lowest BCUT2D eigenvalue weighted by Crippen LogP contribution is -2.60. The Balaban J connectivity index is 2.77. The normalized spacial score (nSPS) is 34.2. The van der Waals surface area contributed by atoms with Gasteiger partial charge < -0.3 is 19.8 Å². The summed E-state index contributed by atoms with van der Waals surface area (Å²) in [7, 11) is 1.44. The summed E-state index contributed by atoms with van der Waals surface area (Å²) in [6, 6.07) is 0. The SMILES string of the molecule is CN(C(=O)O)C1(C)COCCC1O. The largest absolute Gasteiger partial charge is 0.465 e. The molecular weight excluding hydrogens is 174 g/mol. The van der Waals surface area contributed by atoms with E-state index in [9.17, 15) is 9.90 Å². The summed E-state index contributed by atoms with van der Waals surface area (Å²) in [5.74, 6) is 0. The number of likely N-dealkylation sites (N-methyl/N-ethyl adjacent to an activating group) is 1. The lowest BCUT2D eigenvalue weighted by Gasteiger charge is -2.43. The van der Waals surface area contributed by atoms with Crippen LogP contribution in [0.4, 0.5) is 4.79 Å². The number of aliphatic hydroxyl groups excluding tert-OH is 1. The van der Waals surface area contributed by atoms with Gasteiger partial charge in [0.25, 0.3) is 0 Å². The molecule has 2 unspecified atom stereocenters. The van der Waals surface area contributed by atoms with Crippen molar-refractivity contribution in [1.82, 2.24) is 4.90 Å². The Morgan fingerprint density at radius 1 is 1.69 bits per heavy atom. The molecule has 1 rings (SSSR count). The molecule has 2 N–H and O–H groups in total. The van der Waals surface area contributed by atoms with Crippen molar-refractivity contribution in [2.75, 3.05) is 20.3 Å². The third-order valence-electron chi connectivity index (χ3n) is 2.70. The molecule has 76 valence electrons. The van der Waals surface area contributed by atoms with Gasteiger partial charge in [0.05, 0.1) is 18.2 Å². The lowest BCUT2D eigenvalue weighted by atomic mass is 9.90. The standard InChI is InChI=1S/C8H15NO4/c1-8(9(2)7(11)12)5-13-4-3-6(8)10/h6,10H,3-5H2,1-2H3,(H,11,12). The molecule has 0 spiro atoms. The molecule has 0 aromatic heterocycles. The minimum Gasteiger partial charge on any atom is -0.465 e. The number of hydrogen-bond acceptors (Lipinski definition) is 3. The predicted octanol–water partition coefficient (Wildman–Crippen LogP) is 0.136. The molecule has 0 bridgehead atoms. The van der Waals surface area contributed by atoms with Crippen molar-refractivity contribution in [2.45, 2.75) is 25.0 Å². The summed E-state index contributed by atoms with van der Waals surface area (Å²) in [4.78, 5) is 11.8. The molecule has 1 aliphatic heterocycles. The van der Waals surface area contributed by atoms with E-state index in [0.717, 1.165) is 4.90 Å². The van der Waals surface area contributed by atoms with E-state index in [4.69, 9.17) is 9.84 Å². The second kappa shape index (κ2) is 3.51. The first-order valence-corrected chi connectivity index (χ1v) is 4.21. The number of rotatable bonds is 1. The molecule has 13 heavy (non-hydrogen) atoms. The van der Waals surface area contributed by atoms with Gasteiger partial charge in [0.2, 0.25) is 0 Å². The molecule has 1 heterocycles. The van der Waals surface area contributed by atoms with Gasteiger partial charge in [-0.2, -0.15) is 0 Å². The Kier molecular flexibility index (Phi) is 2.77. The van der Waals surface area contributed by atoms with E-state index in [1.807, 2.05) is 0 Å². The molecule has 1 saturated heterocycles. The fourth-order valence-electron chi connectivity index (χ4n) is 1.42. The summed E-state index contributed by atoms with van der Waals surface area (Å²) >= 11 is 0. The lowest BCUT2D eigenvalue weighted by molar-refractivity contribution is -0.0995. The summed E-state index contributed by atoms with van der Waals surface area (Å²) in [5.41, 5.74) is -0.815. The smallest absolute Gasteiger partial charge is 0.407 e. The van der Waals surface area contributed by atoms with Gasteiger partial charge in [-0.3, -0.25) is 0 Å². The van der Waals surface area contributed by atoms with Gasteiger partial charge in [-0.1, -0.05) is 0 Å². The molecule has 2 atom stereocenters. The van der Waals surface area contributed by atoms with Gasteiger partial charge in [0.15, 0.2) is 0 Å². The molecule has 1 aliphatic rings. The van der Waals surface area contributed by atoms with E-state index in [0.29, 0.717) is 13.0 Å². The number of nitrogens with zero attached hydrogens (tertiary/aromatic N) is 1. The van der Waals surface area contributed by atoms with Gasteiger partial charge in [0, 0.05) is 13.7 Å². The van der Waals surface area contributed by atoms with Crippen molar-refractivity contribution in [3.05, 3.63) is 0 Å². The average Bonchev–Trinajstić information content (AvgIpc) is 2.09. The van der Waals surface area contributed by atoms with Gasteiger partial charge >= 0.3 is 6.09 Å². The highest BCUT2D eigenvalue weighted by molar-refractivity contribution is 5.65. The quantitative estimate of drug-likeness (QED) is 0.615. The first-order chi connectivity index (χ1) is 5.98. The molecular formula is C8H15NO4.